The van der Waals surface area contributed by atoms with Gasteiger partial charge in [-0.05, 0) is 109 Å². The molecule has 0 aliphatic heterocycles. The Hall–Kier alpha value is -5.14. The molecule has 1 nitrogen and oxygen atoms in total. The molecule has 1 aromatic heterocycles. The molecular formula is C44H33N. The third-order valence-electron chi connectivity index (χ3n) is 11.1. The zero-order valence-corrected chi connectivity index (χ0v) is 26.1. The first-order valence-electron chi connectivity index (χ1n) is 16.1. The molecular weight excluding hydrogens is 542 g/mol. The first-order chi connectivity index (χ1) is 21.9. The highest BCUT2D eigenvalue weighted by molar-refractivity contribution is 6.18. The first kappa shape index (κ1) is 25.2. The highest BCUT2D eigenvalue weighted by Gasteiger charge is 2.43. The second-order valence-electron chi connectivity index (χ2n) is 14.1. The van der Waals surface area contributed by atoms with Gasteiger partial charge in [0.15, 0.2) is 0 Å². The Morgan fingerprint density at radius 1 is 0.400 bits per heavy atom. The fourth-order valence-electron chi connectivity index (χ4n) is 9.02. The minimum atomic E-state index is -0.126. The van der Waals surface area contributed by atoms with Gasteiger partial charge in [0.2, 0.25) is 0 Å². The molecule has 0 spiro atoms. The van der Waals surface area contributed by atoms with Gasteiger partial charge in [-0.3, -0.25) is 0 Å². The SMILES string of the molecule is CC1(C)c2cc3c(cc2-c2cc4c(cc21)c1ccccc1n4-c1ccccc1)C(C)(C)c1c-3c2ccccc2c2ccccc12. The van der Waals surface area contributed by atoms with Gasteiger partial charge in [-0.2, -0.15) is 0 Å². The Morgan fingerprint density at radius 2 is 0.933 bits per heavy atom. The second-order valence-corrected chi connectivity index (χ2v) is 14.1. The minimum Gasteiger partial charge on any atom is -0.309 e. The van der Waals surface area contributed by atoms with Gasteiger partial charge in [0.05, 0.1) is 11.0 Å². The highest BCUT2D eigenvalue weighted by Crippen LogP contribution is 2.59. The summed E-state index contributed by atoms with van der Waals surface area (Å²) in [7, 11) is 0. The van der Waals surface area contributed by atoms with Crippen molar-refractivity contribution in [3.63, 3.8) is 0 Å². The van der Waals surface area contributed by atoms with E-state index in [1.54, 1.807) is 0 Å². The zero-order valence-electron chi connectivity index (χ0n) is 26.1. The van der Waals surface area contributed by atoms with E-state index < -0.39 is 0 Å². The third-order valence-corrected chi connectivity index (χ3v) is 11.1. The van der Waals surface area contributed by atoms with Gasteiger partial charge in [0.1, 0.15) is 0 Å². The molecule has 0 atom stereocenters. The lowest BCUT2D eigenvalue weighted by molar-refractivity contribution is 0.655. The van der Waals surface area contributed by atoms with Gasteiger partial charge in [-0.15, -0.1) is 0 Å². The maximum absolute atomic E-state index is 2.56. The van der Waals surface area contributed by atoms with E-state index in [0.717, 1.165) is 0 Å². The van der Waals surface area contributed by atoms with Gasteiger partial charge in [0.25, 0.3) is 0 Å². The summed E-state index contributed by atoms with van der Waals surface area (Å²) in [6.45, 7) is 9.71. The summed E-state index contributed by atoms with van der Waals surface area (Å²) < 4.78 is 2.45. The Balaban J connectivity index is 1.30. The van der Waals surface area contributed by atoms with E-state index in [1.807, 2.05) is 0 Å². The van der Waals surface area contributed by atoms with Crippen LogP contribution < -0.4 is 0 Å². The second kappa shape index (κ2) is 8.31. The molecule has 0 radical (unpaired) electrons. The van der Waals surface area contributed by atoms with Crippen LogP contribution in [0.5, 0.6) is 0 Å². The zero-order chi connectivity index (χ0) is 30.2. The molecule has 0 bridgehead atoms. The van der Waals surface area contributed by atoms with Crippen LogP contribution in [0.1, 0.15) is 49.9 Å². The highest BCUT2D eigenvalue weighted by atomic mass is 15.0. The fourth-order valence-corrected chi connectivity index (χ4v) is 9.02. The topological polar surface area (TPSA) is 4.93 Å². The van der Waals surface area contributed by atoms with Crippen LogP contribution in [-0.2, 0) is 10.8 Å². The number of rotatable bonds is 1. The van der Waals surface area contributed by atoms with E-state index >= 15 is 0 Å². The molecule has 0 saturated carbocycles. The van der Waals surface area contributed by atoms with E-state index in [2.05, 4.69) is 160 Å². The number of benzene rings is 7. The number of hydrogen-bond donors (Lipinski definition) is 0. The lowest BCUT2D eigenvalue weighted by Gasteiger charge is -2.25. The average Bonchev–Trinajstić information content (AvgIpc) is 3.60. The monoisotopic (exact) mass is 575 g/mol. The molecule has 0 saturated heterocycles. The van der Waals surface area contributed by atoms with E-state index in [-0.39, 0.29) is 10.8 Å². The van der Waals surface area contributed by atoms with Crippen molar-refractivity contribution >= 4 is 43.4 Å². The molecule has 2 aliphatic carbocycles. The Morgan fingerprint density at radius 3 is 1.69 bits per heavy atom. The van der Waals surface area contributed by atoms with Crippen molar-refractivity contribution in [3.05, 3.63) is 150 Å². The number of fused-ring (bicyclic) bond motifs is 14. The van der Waals surface area contributed by atoms with Crippen LogP contribution in [0.4, 0.5) is 0 Å². The largest absolute Gasteiger partial charge is 0.309 e. The normalized spacial score (nSPS) is 15.5. The van der Waals surface area contributed by atoms with Crippen LogP contribution in [0, 0.1) is 0 Å². The van der Waals surface area contributed by atoms with Gasteiger partial charge >= 0.3 is 0 Å². The van der Waals surface area contributed by atoms with E-state index in [1.165, 1.54) is 93.5 Å². The van der Waals surface area contributed by atoms with Crippen molar-refractivity contribution in [2.75, 3.05) is 0 Å². The summed E-state index contributed by atoms with van der Waals surface area (Å²) in [5.74, 6) is 0. The van der Waals surface area contributed by atoms with Gasteiger partial charge in [-0.25, -0.2) is 0 Å². The van der Waals surface area contributed by atoms with Crippen molar-refractivity contribution in [3.8, 4) is 27.9 Å². The molecule has 8 aromatic rings. The molecule has 0 N–H and O–H groups in total. The van der Waals surface area contributed by atoms with Crippen molar-refractivity contribution in [1.29, 1.82) is 0 Å². The van der Waals surface area contributed by atoms with Crippen molar-refractivity contribution in [2.24, 2.45) is 0 Å². The van der Waals surface area contributed by atoms with Gasteiger partial charge < -0.3 is 4.57 Å². The van der Waals surface area contributed by atoms with Crippen molar-refractivity contribution in [2.45, 2.75) is 38.5 Å². The lowest BCUT2D eigenvalue weighted by Crippen LogP contribution is -2.17. The predicted molar refractivity (Wildman–Crippen MR) is 191 cm³/mol. The summed E-state index contributed by atoms with van der Waals surface area (Å²) in [5, 5.41) is 8.06. The summed E-state index contributed by atoms with van der Waals surface area (Å²) in [5.41, 5.74) is 14.8. The van der Waals surface area contributed by atoms with Crippen LogP contribution >= 0.6 is 0 Å². The standard InChI is InChI=1S/C44H33N/c1-43(2)36-23-34-29-18-12-13-21-39(29)45(26-14-6-5-7-15-26)40(34)25-33(36)32-22-38-35(24-37(32)43)41-30-19-10-8-16-27(30)28-17-9-11-20-31(28)42(41)44(38,3)4/h5-25H,1-4H3. The van der Waals surface area contributed by atoms with Crippen molar-refractivity contribution in [1.82, 2.24) is 4.57 Å². The number of para-hydroxylation sites is 2. The summed E-state index contributed by atoms with van der Waals surface area (Å²) in [4.78, 5) is 0. The van der Waals surface area contributed by atoms with Gasteiger partial charge in [0, 0.05) is 27.3 Å². The van der Waals surface area contributed by atoms with Crippen LogP contribution in [0.3, 0.4) is 0 Å². The van der Waals surface area contributed by atoms with Crippen LogP contribution in [-0.4, -0.2) is 4.57 Å². The smallest absolute Gasteiger partial charge is 0.0547 e. The molecule has 1 heteroatoms. The number of aromatic nitrogens is 1. The molecule has 0 amide bonds. The van der Waals surface area contributed by atoms with Crippen LogP contribution in [0.2, 0.25) is 0 Å². The number of hydrogen-bond acceptors (Lipinski definition) is 0. The summed E-state index contributed by atoms with van der Waals surface area (Å²) >= 11 is 0. The average molecular weight is 576 g/mol. The molecule has 7 aromatic carbocycles. The van der Waals surface area contributed by atoms with E-state index in [4.69, 9.17) is 0 Å². The quantitative estimate of drug-likeness (QED) is 0.172. The first-order valence-corrected chi connectivity index (χ1v) is 16.1. The molecule has 214 valence electrons. The van der Waals surface area contributed by atoms with E-state index in [0.29, 0.717) is 0 Å². The molecule has 0 unspecified atom stereocenters. The third kappa shape index (κ3) is 3.04. The van der Waals surface area contributed by atoms with Crippen LogP contribution in [0.15, 0.2) is 127 Å². The molecule has 45 heavy (non-hydrogen) atoms. The Kier molecular flexibility index (Phi) is 4.66. The molecule has 10 rings (SSSR count). The molecule has 0 fully saturated rings. The lowest BCUT2D eigenvalue weighted by atomic mass is 9.78. The maximum atomic E-state index is 2.56. The minimum absolute atomic E-state index is 0.122. The Labute approximate surface area is 263 Å². The summed E-state index contributed by atoms with van der Waals surface area (Å²) in [6, 6.07) is 47.8. The van der Waals surface area contributed by atoms with E-state index in [9.17, 15) is 0 Å². The van der Waals surface area contributed by atoms with Crippen molar-refractivity contribution < 1.29 is 0 Å². The molecule has 1 heterocycles. The number of nitrogens with zero attached hydrogens (tertiary/aromatic N) is 1. The predicted octanol–water partition coefficient (Wildman–Crippen LogP) is 11.7. The van der Waals surface area contributed by atoms with Crippen LogP contribution in [0.25, 0.3) is 71.3 Å². The van der Waals surface area contributed by atoms with Gasteiger partial charge in [-0.1, -0.05) is 113 Å². The Bertz CT molecular complexity index is 2580. The fraction of sp³-hybridized carbons (Fsp3) is 0.136. The molecule has 2 aliphatic rings. The summed E-state index contributed by atoms with van der Waals surface area (Å²) in [6.07, 6.45) is 0. The maximum Gasteiger partial charge on any atom is 0.0547 e.